The van der Waals surface area contributed by atoms with E-state index in [4.69, 9.17) is 4.74 Å². The molecular weight excluding hydrogens is 394 g/mol. The van der Waals surface area contributed by atoms with Crippen molar-refractivity contribution in [2.45, 2.75) is 30.3 Å². The minimum atomic E-state index is -0.275. The molecule has 156 valence electrons. The van der Waals surface area contributed by atoms with Crippen LogP contribution in [0.5, 0.6) is 5.75 Å². The molecule has 1 amide bonds. The summed E-state index contributed by atoms with van der Waals surface area (Å²) in [6, 6.07) is 21.5. The van der Waals surface area contributed by atoms with Gasteiger partial charge < -0.3 is 10.1 Å². The molecule has 0 spiro atoms. The first-order valence-corrected chi connectivity index (χ1v) is 10.8. The molecule has 0 unspecified atom stereocenters. The van der Waals surface area contributed by atoms with Crippen LogP contribution >= 0.6 is 11.8 Å². The van der Waals surface area contributed by atoms with E-state index >= 15 is 0 Å². The highest BCUT2D eigenvalue weighted by atomic mass is 32.2. The Labute approximate surface area is 182 Å². The van der Waals surface area contributed by atoms with Gasteiger partial charge in [-0.25, -0.2) is 4.98 Å². The largest absolute Gasteiger partial charge is 0.497 e. The molecule has 6 heteroatoms. The Morgan fingerprint density at radius 1 is 1.10 bits per heavy atom. The monoisotopic (exact) mass is 421 g/mol. The molecule has 1 N–H and O–H groups in total. The van der Waals surface area contributed by atoms with E-state index in [1.54, 1.807) is 25.1 Å². The lowest BCUT2D eigenvalue weighted by Crippen LogP contribution is -2.39. The molecule has 0 aliphatic rings. The van der Waals surface area contributed by atoms with Gasteiger partial charge in [-0.15, -0.1) is 11.8 Å². The number of ether oxygens (including phenoxy) is 1. The molecule has 0 fully saturated rings. The molecule has 0 saturated carbocycles. The third kappa shape index (κ3) is 6.34. The molecule has 30 heavy (non-hydrogen) atoms. The number of hydrogen-bond acceptors (Lipinski definition) is 5. The van der Waals surface area contributed by atoms with E-state index in [0.29, 0.717) is 6.54 Å². The molecule has 0 radical (unpaired) electrons. The van der Waals surface area contributed by atoms with Gasteiger partial charge in [-0.2, -0.15) is 0 Å². The van der Waals surface area contributed by atoms with Crippen molar-refractivity contribution in [3.8, 4) is 5.75 Å². The average molecular weight is 422 g/mol. The predicted molar refractivity (Wildman–Crippen MR) is 123 cm³/mol. The zero-order valence-corrected chi connectivity index (χ0v) is 18.4. The maximum absolute atomic E-state index is 12.8. The number of carbonyl (C=O) groups excluding carboxylic acids is 1. The number of methoxy groups -OCH3 is 1. The number of benzene rings is 2. The van der Waals surface area contributed by atoms with Crippen molar-refractivity contribution in [3.05, 3.63) is 84.1 Å². The first-order valence-electron chi connectivity index (χ1n) is 9.82. The van der Waals surface area contributed by atoms with Gasteiger partial charge in [-0.1, -0.05) is 30.3 Å². The number of rotatable bonds is 9. The topological polar surface area (TPSA) is 54.5 Å². The Hall–Kier alpha value is -2.83. The Morgan fingerprint density at radius 2 is 1.90 bits per heavy atom. The summed E-state index contributed by atoms with van der Waals surface area (Å²) in [6.07, 6.45) is 1.79. The number of anilines is 1. The summed E-state index contributed by atoms with van der Waals surface area (Å²) in [5, 5.41) is 4.03. The van der Waals surface area contributed by atoms with E-state index in [1.165, 1.54) is 0 Å². The summed E-state index contributed by atoms with van der Waals surface area (Å²) in [6.45, 7) is 2.57. The summed E-state index contributed by atoms with van der Waals surface area (Å²) >= 11 is 1.67. The van der Waals surface area contributed by atoms with Crippen LogP contribution in [0.3, 0.4) is 0 Å². The highest BCUT2D eigenvalue weighted by Crippen LogP contribution is 2.22. The van der Waals surface area contributed by atoms with Gasteiger partial charge in [0.15, 0.2) is 0 Å². The third-order valence-corrected chi connectivity index (χ3v) is 5.84. The molecule has 0 saturated heterocycles. The highest BCUT2D eigenvalue weighted by molar-refractivity contribution is 7.98. The van der Waals surface area contributed by atoms with E-state index < -0.39 is 0 Å². The summed E-state index contributed by atoms with van der Waals surface area (Å²) in [4.78, 5) is 19.1. The number of carbonyl (C=O) groups is 1. The third-order valence-electron chi connectivity index (χ3n) is 4.83. The Bertz CT molecular complexity index is 965. The molecule has 5 nitrogen and oxygen atoms in total. The minimum Gasteiger partial charge on any atom is -0.497 e. The second kappa shape index (κ2) is 10.8. The molecule has 2 aromatic carbocycles. The predicted octanol–water partition coefficient (Wildman–Crippen LogP) is 4.84. The van der Waals surface area contributed by atoms with E-state index in [-0.39, 0.29) is 11.9 Å². The van der Waals surface area contributed by atoms with Crippen LogP contribution in [0.1, 0.15) is 18.1 Å². The molecule has 0 aliphatic heterocycles. The highest BCUT2D eigenvalue weighted by Gasteiger charge is 2.18. The molecule has 1 heterocycles. The van der Waals surface area contributed by atoms with E-state index in [1.807, 2.05) is 79.5 Å². The lowest BCUT2D eigenvalue weighted by molar-refractivity contribution is -0.120. The van der Waals surface area contributed by atoms with Crippen molar-refractivity contribution in [1.29, 1.82) is 0 Å². The van der Waals surface area contributed by atoms with Crippen molar-refractivity contribution >= 4 is 23.4 Å². The molecule has 1 atom stereocenters. The lowest BCUT2D eigenvalue weighted by Gasteiger charge is -2.24. The Morgan fingerprint density at radius 3 is 2.67 bits per heavy atom. The molecule has 1 aromatic heterocycles. The number of nitrogens with one attached hydrogen (secondary N) is 1. The van der Waals surface area contributed by atoms with Crippen molar-refractivity contribution in [1.82, 2.24) is 9.88 Å². The van der Waals surface area contributed by atoms with Crippen molar-refractivity contribution in [3.63, 3.8) is 0 Å². The first kappa shape index (κ1) is 21.9. The molecular formula is C24H27N3O2S. The average Bonchev–Trinajstić information content (AvgIpc) is 2.78. The van der Waals surface area contributed by atoms with Crippen LogP contribution in [0, 0.1) is 0 Å². The van der Waals surface area contributed by atoms with Gasteiger partial charge in [0.25, 0.3) is 0 Å². The van der Waals surface area contributed by atoms with Gasteiger partial charge in [-0.3, -0.25) is 9.69 Å². The van der Waals surface area contributed by atoms with Crippen LogP contribution in [0.25, 0.3) is 0 Å². The fourth-order valence-corrected chi connectivity index (χ4v) is 3.78. The zero-order valence-electron chi connectivity index (χ0n) is 17.5. The number of thioether (sulfide) groups is 1. The number of hydrogen-bond donors (Lipinski definition) is 1. The number of amides is 1. The van der Waals surface area contributed by atoms with Crippen molar-refractivity contribution < 1.29 is 9.53 Å². The van der Waals surface area contributed by atoms with Crippen LogP contribution in [0.15, 0.2) is 78.0 Å². The van der Waals surface area contributed by atoms with Gasteiger partial charge in [0.1, 0.15) is 5.75 Å². The number of likely N-dealkylation sites (N-methyl/N-ethyl adjacent to an activating group) is 1. The molecule has 3 aromatic rings. The first-order chi connectivity index (χ1) is 14.5. The Balaban J connectivity index is 1.56. The smallest absolute Gasteiger partial charge is 0.241 e. The van der Waals surface area contributed by atoms with Crippen molar-refractivity contribution in [2.75, 3.05) is 19.5 Å². The molecule has 0 bridgehead atoms. The summed E-state index contributed by atoms with van der Waals surface area (Å²) < 4.78 is 5.28. The lowest BCUT2D eigenvalue weighted by atomic mass is 10.1. The van der Waals surface area contributed by atoms with Crippen LogP contribution in [0.2, 0.25) is 0 Å². The van der Waals surface area contributed by atoms with E-state index in [2.05, 4.69) is 16.4 Å². The number of pyridine rings is 1. The van der Waals surface area contributed by atoms with Crippen molar-refractivity contribution in [2.24, 2.45) is 0 Å². The second-order valence-electron chi connectivity index (χ2n) is 7.09. The standard InChI is InChI=1S/C24H27N3O2S/c1-18(27(2)16-19-8-7-11-22(15-19)29-3)24(28)26-21-10-6-9-20(14-21)17-30-23-12-4-5-13-25-23/h4-15,18H,16-17H2,1-3H3,(H,26,28)/t18-/m1/s1. The zero-order chi connectivity index (χ0) is 21.3. The fraction of sp³-hybridized carbons (Fsp3) is 0.250. The van der Waals surface area contributed by atoms with Crippen LogP contribution in [0.4, 0.5) is 5.69 Å². The van der Waals surface area contributed by atoms with Gasteiger partial charge >= 0.3 is 0 Å². The maximum atomic E-state index is 12.8. The SMILES string of the molecule is COc1cccc(CN(C)[C@H](C)C(=O)Nc2cccc(CSc3ccccn3)c2)c1. The molecule has 0 aliphatic carbocycles. The summed E-state index contributed by atoms with van der Waals surface area (Å²) in [5.74, 6) is 1.58. The fourth-order valence-electron chi connectivity index (χ4n) is 2.97. The van der Waals surface area contributed by atoms with E-state index in [9.17, 15) is 4.79 Å². The number of aromatic nitrogens is 1. The summed E-state index contributed by atoms with van der Waals surface area (Å²) in [7, 11) is 3.60. The normalized spacial score (nSPS) is 11.9. The van der Waals surface area contributed by atoms with Gasteiger partial charge in [0.2, 0.25) is 5.91 Å². The maximum Gasteiger partial charge on any atom is 0.241 e. The van der Waals surface area contributed by atoms with Gasteiger partial charge in [-0.05, 0) is 61.5 Å². The van der Waals surface area contributed by atoms with Gasteiger partial charge in [0.05, 0.1) is 18.2 Å². The summed E-state index contributed by atoms with van der Waals surface area (Å²) in [5.41, 5.74) is 3.05. The van der Waals surface area contributed by atoms with Crippen LogP contribution in [-0.4, -0.2) is 36.0 Å². The second-order valence-corrected chi connectivity index (χ2v) is 8.08. The minimum absolute atomic E-state index is 0.0325. The van der Waals surface area contributed by atoms with Gasteiger partial charge in [0, 0.05) is 24.2 Å². The van der Waals surface area contributed by atoms with E-state index in [0.717, 1.165) is 33.3 Å². The molecule has 3 rings (SSSR count). The quantitative estimate of drug-likeness (QED) is 0.501. The number of nitrogens with zero attached hydrogens (tertiary/aromatic N) is 2. The van der Waals surface area contributed by atoms with Crippen LogP contribution in [-0.2, 0) is 17.1 Å². The Kier molecular flexibility index (Phi) is 7.88. The van der Waals surface area contributed by atoms with Crippen LogP contribution < -0.4 is 10.1 Å².